The second kappa shape index (κ2) is 8.15. The van der Waals surface area contributed by atoms with Crippen LogP contribution in [0.15, 0.2) is 23.0 Å². The van der Waals surface area contributed by atoms with Gasteiger partial charge in [0, 0.05) is 37.8 Å². The minimum atomic E-state index is -0.101. The van der Waals surface area contributed by atoms with E-state index in [4.69, 9.17) is 18.0 Å². The van der Waals surface area contributed by atoms with Crippen LogP contribution in [0, 0.1) is 5.41 Å². The van der Waals surface area contributed by atoms with E-state index in [0.29, 0.717) is 16.9 Å². The van der Waals surface area contributed by atoms with E-state index < -0.39 is 0 Å². The van der Waals surface area contributed by atoms with Crippen molar-refractivity contribution in [2.75, 3.05) is 32.7 Å². The number of aromatic nitrogens is 2. The molecule has 7 nitrogen and oxygen atoms in total. The Morgan fingerprint density at radius 2 is 1.87 bits per heavy atom. The molecule has 2 aliphatic rings. The lowest BCUT2D eigenvalue weighted by Gasteiger charge is -2.38. The zero-order valence-electron chi connectivity index (χ0n) is 17.8. The van der Waals surface area contributed by atoms with Gasteiger partial charge in [-0.2, -0.15) is 0 Å². The number of piperidine rings is 2. The van der Waals surface area contributed by atoms with Crippen LogP contribution in [0.25, 0.3) is 11.0 Å². The van der Waals surface area contributed by atoms with Gasteiger partial charge in [0.15, 0.2) is 0 Å². The number of fused-ring (bicyclic) bond motifs is 1. The fraction of sp³-hybridized carbons (Fsp3) is 0.591. The van der Waals surface area contributed by atoms with E-state index in [2.05, 4.69) is 23.7 Å². The Hall–Kier alpha value is -2.19. The third kappa shape index (κ3) is 4.30. The van der Waals surface area contributed by atoms with E-state index in [-0.39, 0.29) is 17.6 Å². The molecule has 0 radical (unpaired) electrons. The third-order valence-corrected chi connectivity index (χ3v) is 6.99. The van der Waals surface area contributed by atoms with Gasteiger partial charge in [-0.05, 0) is 49.3 Å². The Bertz CT molecular complexity index is 1010. The number of nitrogens with zero attached hydrogens (tertiary/aromatic N) is 3. The highest BCUT2D eigenvalue weighted by atomic mass is 32.1. The Morgan fingerprint density at radius 1 is 1.20 bits per heavy atom. The molecular weight excluding hydrogens is 398 g/mol. The summed E-state index contributed by atoms with van der Waals surface area (Å²) in [4.78, 5) is 32.8. The van der Waals surface area contributed by atoms with Crippen molar-refractivity contribution in [1.29, 1.82) is 0 Å². The minimum absolute atomic E-state index is 0.101. The summed E-state index contributed by atoms with van der Waals surface area (Å²) in [7, 11) is 0. The molecule has 4 rings (SSSR count). The molecule has 1 aromatic heterocycles. The highest BCUT2D eigenvalue weighted by Gasteiger charge is 2.30. The summed E-state index contributed by atoms with van der Waals surface area (Å²) in [5, 5.41) is 0. The van der Waals surface area contributed by atoms with Gasteiger partial charge in [-0.15, -0.1) is 0 Å². The van der Waals surface area contributed by atoms with Gasteiger partial charge in [-0.3, -0.25) is 14.3 Å². The summed E-state index contributed by atoms with van der Waals surface area (Å²) < 4.78 is 1.85. The first kappa shape index (κ1) is 21.1. The topological polar surface area (TPSA) is 87.4 Å². The number of aromatic amines is 1. The van der Waals surface area contributed by atoms with Gasteiger partial charge in [-0.1, -0.05) is 26.1 Å². The van der Waals surface area contributed by atoms with Gasteiger partial charge < -0.3 is 15.6 Å². The first-order valence-electron chi connectivity index (χ1n) is 10.8. The summed E-state index contributed by atoms with van der Waals surface area (Å²) in [6.45, 7) is 8.39. The summed E-state index contributed by atoms with van der Waals surface area (Å²) in [5.41, 5.74) is 8.34. The smallest absolute Gasteiger partial charge is 0.326 e. The lowest BCUT2D eigenvalue weighted by molar-refractivity contribution is -0.134. The van der Waals surface area contributed by atoms with Gasteiger partial charge >= 0.3 is 5.69 Å². The van der Waals surface area contributed by atoms with Crippen molar-refractivity contribution in [2.24, 2.45) is 11.1 Å². The summed E-state index contributed by atoms with van der Waals surface area (Å²) in [6, 6.07) is 5.74. The maximum atomic E-state index is 12.7. The number of imidazole rings is 1. The molecule has 0 unspecified atom stereocenters. The third-order valence-electron chi connectivity index (χ3n) is 6.75. The van der Waals surface area contributed by atoms with Crippen LogP contribution in [0.2, 0.25) is 0 Å². The number of hydrogen-bond donors (Lipinski definition) is 2. The van der Waals surface area contributed by atoms with Gasteiger partial charge in [0.1, 0.15) is 4.99 Å². The van der Waals surface area contributed by atoms with E-state index in [1.165, 1.54) is 0 Å². The van der Waals surface area contributed by atoms with Crippen molar-refractivity contribution in [1.82, 2.24) is 19.4 Å². The minimum Gasteiger partial charge on any atom is -0.389 e. The number of nitrogens with one attached hydrogen (secondary N) is 1. The lowest BCUT2D eigenvalue weighted by Crippen LogP contribution is -2.47. The Labute approximate surface area is 182 Å². The molecule has 0 saturated carbocycles. The second-order valence-corrected chi connectivity index (χ2v) is 9.89. The summed E-state index contributed by atoms with van der Waals surface area (Å²) in [5.74, 6) is 0.235. The van der Waals surface area contributed by atoms with E-state index >= 15 is 0 Å². The average Bonchev–Trinajstić information content (AvgIpc) is 3.03. The number of amides is 1. The number of benzene rings is 1. The zero-order valence-corrected chi connectivity index (χ0v) is 18.6. The number of thiocarbonyl (C=S) groups is 1. The van der Waals surface area contributed by atoms with Crippen molar-refractivity contribution >= 4 is 34.1 Å². The molecular formula is C22H31N5O2S. The normalized spacial score (nSPS) is 20.5. The average molecular weight is 430 g/mol. The van der Waals surface area contributed by atoms with Gasteiger partial charge in [0.2, 0.25) is 5.91 Å². The molecule has 0 spiro atoms. The van der Waals surface area contributed by atoms with Crippen molar-refractivity contribution < 1.29 is 4.79 Å². The monoisotopic (exact) mass is 429 g/mol. The highest BCUT2D eigenvalue weighted by molar-refractivity contribution is 7.80. The Morgan fingerprint density at radius 3 is 2.50 bits per heavy atom. The molecule has 0 atom stereocenters. The predicted octanol–water partition coefficient (Wildman–Crippen LogP) is 2.25. The van der Waals surface area contributed by atoms with Crippen LogP contribution in [0.5, 0.6) is 0 Å². The number of hydrogen-bond acceptors (Lipinski definition) is 4. The molecule has 2 aromatic rings. The van der Waals surface area contributed by atoms with Gasteiger partial charge in [0.25, 0.3) is 0 Å². The molecule has 30 heavy (non-hydrogen) atoms. The Balaban J connectivity index is 1.38. The highest BCUT2D eigenvalue weighted by Crippen LogP contribution is 2.30. The first-order chi connectivity index (χ1) is 14.2. The van der Waals surface area contributed by atoms with Gasteiger partial charge in [-0.25, -0.2) is 4.79 Å². The Kier molecular flexibility index (Phi) is 5.72. The maximum Gasteiger partial charge on any atom is 0.326 e. The molecule has 8 heteroatoms. The molecule has 2 saturated heterocycles. The first-order valence-corrected chi connectivity index (χ1v) is 11.2. The van der Waals surface area contributed by atoms with Crippen LogP contribution in [-0.4, -0.2) is 63.0 Å². The molecule has 2 aliphatic heterocycles. The maximum absolute atomic E-state index is 12.7. The van der Waals surface area contributed by atoms with Crippen LogP contribution in [0.4, 0.5) is 0 Å². The number of carbonyl (C=O) groups is 1. The van der Waals surface area contributed by atoms with Crippen molar-refractivity contribution in [3.63, 3.8) is 0 Å². The molecule has 2 fully saturated rings. The van der Waals surface area contributed by atoms with Crippen LogP contribution >= 0.6 is 12.2 Å². The van der Waals surface area contributed by atoms with E-state index in [1.807, 2.05) is 27.7 Å². The number of likely N-dealkylation sites (tertiary alicyclic amines) is 2. The quantitative estimate of drug-likeness (QED) is 0.728. The standard InChI is InChI=1S/C22H31N5O2S/c1-22(2)7-11-26(12-8-22)19(28)14-25-9-5-16(6-10-25)27-18-4-3-15(20(23)30)13-17(18)24-21(27)29/h3-4,13,16H,5-12,14H2,1-2H3,(H2,23,30)(H,24,29). The molecule has 0 bridgehead atoms. The number of rotatable bonds is 4. The molecule has 1 amide bonds. The molecule has 3 N–H and O–H groups in total. The van der Waals surface area contributed by atoms with Crippen LogP contribution in [0.1, 0.15) is 51.1 Å². The van der Waals surface area contributed by atoms with Crippen molar-refractivity contribution in [2.45, 2.75) is 45.6 Å². The van der Waals surface area contributed by atoms with Crippen LogP contribution < -0.4 is 11.4 Å². The van der Waals surface area contributed by atoms with E-state index in [0.717, 1.165) is 68.5 Å². The SMILES string of the molecule is CC1(C)CCN(C(=O)CN2CCC(n3c(=O)[nH]c4cc(C(N)=S)ccc43)CC2)CC1. The van der Waals surface area contributed by atoms with E-state index in [1.54, 1.807) is 0 Å². The molecule has 162 valence electrons. The van der Waals surface area contributed by atoms with E-state index in [9.17, 15) is 9.59 Å². The van der Waals surface area contributed by atoms with Crippen LogP contribution in [-0.2, 0) is 4.79 Å². The summed E-state index contributed by atoms with van der Waals surface area (Å²) in [6.07, 6.45) is 3.84. The van der Waals surface area contributed by atoms with Crippen molar-refractivity contribution in [3.8, 4) is 0 Å². The van der Waals surface area contributed by atoms with Crippen LogP contribution in [0.3, 0.4) is 0 Å². The summed E-state index contributed by atoms with van der Waals surface area (Å²) >= 11 is 5.04. The van der Waals surface area contributed by atoms with Crippen molar-refractivity contribution in [3.05, 3.63) is 34.2 Å². The second-order valence-electron chi connectivity index (χ2n) is 9.45. The largest absolute Gasteiger partial charge is 0.389 e. The molecule has 3 heterocycles. The number of H-pyrrole nitrogens is 1. The number of nitrogens with two attached hydrogens (primary N) is 1. The zero-order chi connectivity index (χ0) is 21.5. The molecule has 1 aromatic carbocycles. The fourth-order valence-corrected chi connectivity index (χ4v) is 4.76. The number of carbonyl (C=O) groups excluding carboxylic acids is 1. The predicted molar refractivity (Wildman–Crippen MR) is 123 cm³/mol. The fourth-order valence-electron chi connectivity index (χ4n) is 4.64. The lowest BCUT2D eigenvalue weighted by atomic mass is 9.82. The van der Waals surface area contributed by atoms with Gasteiger partial charge in [0.05, 0.1) is 17.6 Å². The molecule has 0 aliphatic carbocycles.